The van der Waals surface area contributed by atoms with Crippen LogP contribution in [0.15, 0.2) is 10.3 Å². The molecule has 1 rings (SSSR count). The van der Waals surface area contributed by atoms with Gasteiger partial charge in [-0.15, -0.1) is 11.3 Å². The second kappa shape index (κ2) is 7.78. The Morgan fingerprint density at radius 3 is 2.71 bits per heavy atom. The minimum Gasteiger partial charge on any atom is -0.465 e. The van der Waals surface area contributed by atoms with Crippen LogP contribution in [0.5, 0.6) is 0 Å². The van der Waals surface area contributed by atoms with Crippen LogP contribution >= 0.6 is 11.3 Å². The summed E-state index contributed by atoms with van der Waals surface area (Å²) in [5.41, 5.74) is 0.404. The van der Waals surface area contributed by atoms with Crippen molar-refractivity contribution in [3.63, 3.8) is 0 Å². The summed E-state index contributed by atoms with van der Waals surface area (Å²) >= 11 is 0.959. The summed E-state index contributed by atoms with van der Waals surface area (Å²) in [6, 6.07) is 0. The Kier molecular flexibility index (Phi) is 6.65. The Balaban J connectivity index is 2.75. The van der Waals surface area contributed by atoms with E-state index >= 15 is 0 Å². The molecule has 0 aromatic carbocycles. The number of methoxy groups -OCH3 is 1. The molecular formula is C11H15F2NO5S2. The Hall–Kier alpha value is -1.10. The maximum Gasteiger partial charge on any atom is 0.349 e. The zero-order valence-electron chi connectivity index (χ0n) is 11.4. The molecule has 1 heterocycles. The number of aryl methyl sites for hydroxylation is 1. The van der Waals surface area contributed by atoms with Crippen LogP contribution in [0.1, 0.15) is 15.2 Å². The van der Waals surface area contributed by atoms with Gasteiger partial charge in [0.25, 0.3) is 6.43 Å². The number of carbonyl (C=O) groups is 1. The number of alkyl halides is 2. The van der Waals surface area contributed by atoms with E-state index in [9.17, 15) is 22.0 Å². The van der Waals surface area contributed by atoms with Gasteiger partial charge in [-0.1, -0.05) is 0 Å². The minimum absolute atomic E-state index is 0.0315. The molecule has 0 saturated heterocycles. The first-order valence-corrected chi connectivity index (χ1v) is 8.17. The van der Waals surface area contributed by atoms with Crippen LogP contribution in [0.3, 0.4) is 0 Å². The number of ether oxygens (including phenoxy) is 2. The Bertz CT molecular complexity index is 585. The molecule has 0 aliphatic rings. The number of sulfonamides is 1. The van der Waals surface area contributed by atoms with Crippen LogP contribution in [0, 0.1) is 6.92 Å². The number of carbonyl (C=O) groups excluding carboxylic acids is 1. The molecule has 0 radical (unpaired) electrons. The number of hydrogen-bond donors (Lipinski definition) is 1. The molecule has 1 aromatic rings. The average molecular weight is 343 g/mol. The Morgan fingerprint density at radius 2 is 2.14 bits per heavy atom. The van der Waals surface area contributed by atoms with E-state index in [0.29, 0.717) is 5.56 Å². The van der Waals surface area contributed by atoms with E-state index in [1.54, 1.807) is 6.92 Å². The van der Waals surface area contributed by atoms with Gasteiger partial charge in [0, 0.05) is 6.54 Å². The number of halogens is 2. The number of hydrogen-bond acceptors (Lipinski definition) is 6. The fourth-order valence-electron chi connectivity index (χ4n) is 1.49. The molecule has 0 bridgehead atoms. The third-order valence-corrected chi connectivity index (χ3v) is 5.19. The van der Waals surface area contributed by atoms with Crippen molar-refractivity contribution < 1.29 is 31.5 Å². The first-order chi connectivity index (χ1) is 9.79. The van der Waals surface area contributed by atoms with Crippen molar-refractivity contribution >= 4 is 27.3 Å². The summed E-state index contributed by atoms with van der Waals surface area (Å²) in [5, 5.41) is 1.52. The van der Waals surface area contributed by atoms with Crippen molar-refractivity contribution in [2.45, 2.75) is 18.2 Å². The van der Waals surface area contributed by atoms with Gasteiger partial charge in [-0.05, 0) is 17.9 Å². The first-order valence-electron chi connectivity index (χ1n) is 5.81. The maximum atomic E-state index is 12.1. The quantitative estimate of drug-likeness (QED) is 0.570. The maximum absolute atomic E-state index is 12.1. The molecule has 1 aromatic heterocycles. The average Bonchev–Trinajstić information content (AvgIpc) is 2.79. The fourth-order valence-corrected chi connectivity index (χ4v) is 4.21. The highest BCUT2D eigenvalue weighted by atomic mass is 32.2. The molecule has 0 amide bonds. The normalized spacial score (nSPS) is 11.9. The number of rotatable bonds is 8. The zero-order chi connectivity index (χ0) is 16.0. The molecule has 0 aliphatic carbocycles. The third kappa shape index (κ3) is 4.99. The largest absolute Gasteiger partial charge is 0.465 e. The van der Waals surface area contributed by atoms with Crippen LogP contribution in [0.4, 0.5) is 8.78 Å². The van der Waals surface area contributed by atoms with E-state index in [1.807, 2.05) is 0 Å². The summed E-state index contributed by atoms with van der Waals surface area (Å²) < 4.78 is 59.2. The molecule has 0 atom stereocenters. The van der Waals surface area contributed by atoms with Gasteiger partial charge in [-0.3, -0.25) is 0 Å². The third-order valence-electron chi connectivity index (χ3n) is 2.34. The molecule has 0 saturated carbocycles. The van der Waals surface area contributed by atoms with Crippen molar-refractivity contribution in [1.29, 1.82) is 0 Å². The summed E-state index contributed by atoms with van der Waals surface area (Å²) in [6.45, 7) is 0.419. The summed E-state index contributed by atoms with van der Waals surface area (Å²) in [4.78, 5) is 11.3. The van der Waals surface area contributed by atoms with Gasteiger partial charge in [0.05, 0.1) is 13.7 Å². The first kappa shape index (κ1) is 18.0. The number of nitrogens with one attached hydrogen (secondary N) is 1. The van der Waals surface area contributed by atoms with Crippen molar-refractivity contribution in [2.24, 2.45) is 0 Å². The van der Waals surface area contributed by atoms with E-state index in [1.165, 1.54) is 5.38 Å². The van der Waals surface area contributed by atoms with E-state index in [0.717, 1.165) is 18.4 Å². The zero-order valence-corrected chi connectivity index (χ0v) is 13.0. The van der Waals surface area contributed by atoms with Crippen LogP contribution in [0.25, 0.3) is 0 Å². The molecular weight excluding hydrogens is 328 g/mol. The highest BCUT2D eigenvalue weighted by molar-refractivity contribution is 7.89. The van der Waals surface area contributed by atoms with Crippen molar-refractivity contribution in [1.82, 2.24) is 4.72 Å². The van der Waals surface area contributed by atoms with Gasteiger partial charge >= 0.3 is 5.97 Å². The SMILES string of the molecule is COC(=O)c1scc(C)c1S(=O)(=O)NCCOCC(F)F. The molecule has 0 aliphatic heterocycles. The lowest BCUT2D eigenvalue weighted by molar-refractivity contribution is 0.0199. The molecule has 120 valence electrons. The van der Waals surface area contributed by atoms with E-state index < -0.39 is 29.0 Å². The highest BCUT2D eigenvalue weighted by Crippen LogP contribution is 2.27. The molecule has 1 N–H and O–H groups in total. The Morgan fingerprint density at radius 1 is 1.48 bits per heavy atom. The van der Waals surface area contributed by atoms with Crippen molar-refractivity contribution in [2.75, 3.05) is 26.9 Å². The molecule has 6 nitrogen and oxygen atoms in total. The fraction of sp³-hybridized carbons (Fsp3) is 0.545. The van der Waals surface area contributed by atoms with Gasteiger partial charge in [0.1, 0.15) is 16.4 Å². The Labute approximate surface area is 125 Å². The summed E-state index contributed by atoms with van der Waals surface area (Å²) in [6.07, 6.45) is -2.60. The smallest absolute Gasteiger partial charge is 0.349 e. The predicted octanol–water partition coefficient (Wildman–Crippen LogP) is 1.40. The van der Waals surface area contributed by atoms with Gasteiger partial charge in [-0.25, -0.2) is 26.7 Å². The number of esters is 1. The van der Waals surface area contributed by atoms with Gasteiger partial charge in [-0.2, -0.15) is 0 Å². The van der Waals surface area contributed by atoms with Gasteiger partial charge < -0.3 is 9.47 Å². The van der Waals surface area contributed by atoms with Crippen molar-refractivity contribution in [3.05, 3.63) is 15.8 Å². The minimum atomic E-state index is -3.94. The standard InChI is InChI=1S/C11H15F2NO5S2/c1-7-6-20-9(11(15)18-2)10(7)21(16,17)14-3-4-19-5-8(12)13/h6,8,14H,3-5H2,1-2H3. The van der Waals surface area contributed by atoms with E-state index in [4.69, 9.17) is 0 Å². The molecule has 21 heavy (non-hydrogen) atoms. The molecule has 0 fully saturated rings. The predicted molar refractivity (Wildman–Crippen MR) is 72.4 cm³/mol. The number of thiophene rings is 1. The van der Waals surface area contributed by atoms with Crippen LogP contribution in [-0.4, -0.2) is 47.7 Å². The van der Waals surface area contributed by atoms with Crippen LogP contribution < -0.4 is 4.72 Å². The second-order valence-electron chi connectivity index (χ2n) is 3.93. The topological polar surface area (TPSA) is 81.7 Å². The lowest BCUT2D eigenvalue weighted by atomic mass is 10.3. The summed E-state index contributed by atoms with van der Waals surface area (Å²) in [7, 11) is -2.79. The molecule has 0 unspecified atom stereocenters. The van der Waals surface area contributed by atoms with Gasteiger partial charge in [0.15, 0.2) is 0 Å². The van der Waals surface area contributed by atoms with Crippen LogP contribution in [0.2, 0.25) is 0 Å². The van der Waals surface area contributed by atoms with Crippen molar-refractivity contribution in [3.8, 4) is 0 Å². The molecule has 0 spiro atoms. The van der Waals surface area contributed by atoms with Crippen LogP contribution in [-0.2, 0) is 19.5 Å². The van der Waals surface area contributed by atoms with Gasteiger partial charge in [0.2, 0.25) is 10.0 Å². The lowest BCUT2D eigenvalue weighted by Crippen LogP contribution is -2.29. The summed E-state index contributed by atoms with van der Waals surface area (Å²) in [5.74, 6) is -0.748. The molecule has 10 heteroatoms. The van der Waals surface area contributed by atoms with E-state index in [-0.39, 0.29) is 22.9 Å². The second-order valence-corrected chi connectivity index (χ2v) is 6.52. The monoisotopic (exact) mass is 343 g/mol. The van der Waals surface area contributed by atoms with E-state index in [2.05, 4.69) is 14.2 Å². The lowest BCUT2D eigenvalue weighted by Gasteiger charge is -2.09. The highest BCUT2D eigenvalue weighted by Gasteiger charge is 2.27.